The Morgan fingerprint density at radius 1 is 1.00 bits per heavy atom. The molecule has 1 N–H and O–H groups in total. The highest BCUT2D eigenvalue weighted by atomic mass is 32.1. The van der Waals surface area contributed by atoms with Gasteiger partial charge in [-0.25, -0.2) is 9.97 Å². The first kappa shape index (κ1) is 20.4. The van der Waals surface area contributed by atoms with Gasteiger partial charge in [0.1, 0.15) is 17.0 Å². The van der Waals surface area contributed by atoms with Crippen LogP contribution in [0, 0.1) is 0 Å². The van der Waals surface area contributed by atoms with Crippen molar-refractivity contribution in [3.8, 4) is 22.9 Å². The average Bonchev–Trinajstić information content (AvgIpc) is 3.59. The molecule has 0 radical (unpaired) electrons. The number of benzene rings is 1. The molecule has 3 aromatic heterocycles. The smallest absolute Gasteiger partial charge is 0.231 e. The molecular weight excluding hydrogens is 428 g/mol. The van der Waals surface area contributed by atoms with E-state index in [1.165, 1.54) is 12.8 Å². The first-order chi connectivity index (χ1) is 15.7. The van der Waals surface area contributed by atoms with Gasteiger partial charge in [0, 0.05) is 25.2 Å². The van der Waals surface area contributed by atoms with Crippen molar-refractivity contribution in [3.05, 3.63) is 36.1 Å². The number of rotatable bonds is 7. The van der Waals surface area contributed by atoms with Gasteiger partial charge < -0.3 is 29.0 Å². The second-order valence-corrected chi connectivity index (χ2v) is 8.27. The molecule has 5 rings (SSSR count). The summed E-state index contributed by atoms with van der Waals surface area (Å²) < 4.78 is 18.2. The van der Waals surface area contributed by atoms with E-state index < -0.39 is 0 Å². The fourth-order valence-electron chi connectivity index (χ4n) is 3.93. The predicted octanol–water partition coefficient (Wildman–Crippen LogP) is 4.25. The van der Waals surface area contributed by atoms with Gasteiger partial charge in [0.25, 0.3) is 0 Å². The number of anilines is 3. The number of aromatic nitrogens is 4. The Balaban J connectivity index is 1.46. The van der Waals surface area contributed by atoms with Crippen LogP contribution in [0.4, 0.5) is 17.6 Å². The maximum atomic E-state index is 5.46. The zero-order valence-corrected chi connectivity index (χ0v) is 19.0. The molecule has 1 aliphatic rings. The van der Waals surface area contributed by atoms with Crippen LogP contribution in [0.25, 0.3) is 15.9 Å². The molecule has 0 aliphatic carbocycles. The van der Waals surface area contributed by atoms with Gasteiger partial charge in [0.15, 0.2) is 17.3 Å². The number of hydrogen-bond donors (Lipinski definition) is 1. The van der Waals surface area contributed by atoms with E-state index in [1.54, 1.807) is 39.0 Å². The number of imidazole rings is 1. The number of hydrogen-bond acceptors (Lipinski definition) is 9. The second kappa shape index (κ2) is 8.54. The summed E-state index contributed by atoms with van der Waals surface area (Å²) in [5.41, 5.74) is 0.826. The summed E-state index contributed by atoms with van der Waals surface area (Å²) in [6.45, 7) is 2.05. The van der Waals surface area contributed by atoms with E-state index in [2.05, 4.69) is 31.6 Å². The summed E-state index contributed by atoms with van der Waals surface area (Å²) in [5.74, 6) is 3.86. The highest BCUT2D eigenvalue weighted by Gasteiger charge is 2.19. The summed E-state index contributed by atoms with van der Waals surface area (Å²) in [4.78, 5) is 17.3. The van der Waals surface area contributed by atoms with Crippen LogP contribution in [0.3, 0.4) is 0 Å². The molecule has 0 unspecified atom stereocenters. The number of nitrogens with zero attached hydrogens (tertiary/aromatic N) is 5. The van der Waals surface area contributed by atoms with Crippen molar-refractivity contribution in [2.75, 3.05) is 44.6 Å². The minimum Gasteiger partial charge on any atom is -0.493 e. The zero-order valence-electron chi connectivity index (χ0n) is 18.2. The number of methoxy groups -OCH3 is 3. The van der Waals surface area contributed by atoms with Crippen LogP contribution in [-0.4, -0.2) is 53.9 Å². The molecule has 32 heavy (non-hydrogen) atoms. The van der Waals surface area contributed by atoms with Crippen molar-refractivity contribution in [1.82, 2.24) is 19.5 Å². The number of nitrogens with one attached hydrogen (secondary N) is 1. The molecule has 1 aromatic carbocycles. The standard InChI is InChI=1S/C22H24N6O3S/c1-29-16-10-14(11-17(30-2)19(16)31-3)28-12-18(23-13-28)24-22-25-20(27-7-4-5-8-27)15-6-9-32-21(15)26-22/h6,9-13H,4-5,7-8H2,1-3H3,(H,24,25,26). The molecule has 9 nitrogen and oxygen atoms in total. The topological polar surface area (TPSA) is 86.6 Å². The first-order valence-electron chi connectivity index (χ1n) is 10.3. The Morgan fingerprint density at radius 3 is 2.44 bits per heavy atom. The van der Waals surface area contributed by atoms with Crippen LogP contribution in [0.5, 0.6) is 17.2 Å². The fraction of sp³-hybridized carbons (Fsp3) is 0.318. The second-order valence-electron chi connectivity index (χ2n) is 7.38. The molecule has 0 saturated carbocycles. The van der Waals surface area contributed by atoms with Gasteiger partial charge in [-0.15, -0.1) is 11.3 Å². The molecule has 0 spiro atoms. The Bertz CT molecular complexity index is 1220. The van der Waals surface area contributed by atoms with E-state index in [9.17, 15) is 0 Å². The molecular formula is C22H24N6O3S. The SMILES string of the molecule is COc1cc(-n2cnc(Nc3nc(N4CCCC4)c4ccsc4n3)c2)cc(OC)c1OC. The van der Waals surface area contributed by atoms with Gasteiger partial charge in [-0.2, -0.15) is 4.98 Å². The van der Waals surface area contributed by atoms with Crippen molar-refractivity contribution in [3.63, 3.8) is 0 Å². The Hall–Kier alpha value is -3.53. The van der Waals surface area contributed by atoms with E-state index in [0.29, 0.717) is 29.0 Å². The highest BCUT2D eigenvalue weighted by Crippen LogP contribution is 2.39. The van der Waals surface area contributed by atoms with Gasteiger partial charge in [0.2, 0.25) is 11.7 Å². The summed E-state index contributed by atoms with van der Waals surface area (Å²) in [5, 5.41) is 6.42. The van der Waals surface area contributed by atoms with Crippen LogP contribution in [0.1, 0.15) is 12.8 Å². The van der Waals surface area contributed by atoms with E-state index in [0.717, 1.165) is 34.8 Å². The quantitative estimate of drug-likeness (QED) is 0.445. The monoisotopic (exact) mass is 452 g/mol. The largest absolute Gasteiger partial charge is 0.493 e. The first-order valence-corrected chi connectivity index (χ1v) is 11.2. The summed E-state index contributed by atoms with van der Waals surface area (Å²) in [7, 11) is 4.77. The van der Waals surface area contributed by atoms with Crippen LogP contribution < -0.4 is 24.4 Å². The van der Waals surface area contributed by atoms with E-state index >= 15 is 0 Å². The molecule has 10 heteroatoms. The van der Waals surface area contributed by atoms with Crippen LogP contribution >= 0.6 is 11.3 Å². The zero-order chi connectivity index (χ0) is 22.1. The lowest BCUT2D eigenvalue weighted by atomic mass is 10.2. The third kappa shape index (κ3) is 3.66. The van der Waals surface area contributed by atoms with E-state index in [-0.39, 0.29) is 0 Å². The number of ether oxygens (including phenoxy) is 3. The highest BCUT2D eigenvalue weighted by molar-refractivity contribution is 7.16. The normalized spacial score (nSPS) is 13.5. The maximum Gasteiger partial charge on any atom is 0.231 e. The van der Waals surface area contributed by atoms with Gasteiger partial charge in [-0.05, 0) is 24.3 Å². The van der Waals surface area contributed by atoms with Gasteiger partial charge >= 0.3 is 0 Å². The molecule has 0 bridgehead atoms. The lowest BCUT2D eigenvalue weighted by Gasteiger charge is -2.18. The summed E-state index contributed by atoms with van der Waals surface area (Å²) in [6.07, 6.45) is 5.97. The lowest BCUT2D eigenvalue weighted by Crippen LogP contribution is -2.19. The molecule has 1 fully saturated rings. The molecule has 4 heterocycles. The Labute approximate surface area is 189 Å². The van der Waals surface area contributed by atoms with Crippen molar-refractivity contribution in [1.29, 1.82) is 0 Å². The molecule has 1 saturated heterocycles. The fourth-order valence-corrected chi connectivity index (χ4v) is 4.68. The van der Waals surface area contributed by atoms with Crippen molar-refractivity contribution in [2.45, 2.75) is 12.8 Å². The van der Waals surface area contributed by atoms with Crippen molar-refractivity contribution in [2.24, 2.45) is 0 Å². The number of thiophene rings is 1. The summed E-state index contributed by atoms with van der Waals surface area (Å²) >= 11 is 1.62. The van der Waals surface area contributed by atoms with E-state index in [4.69, 9.17) is 19.2 Å². The van der Waals surface area contributed by atoms with Crippen molar-refractivity contribution >= 4 is 39.1 Å². The van der Waals surface area contributed by atoms with Gasteiger partial charge in [-0.3, -0.25) is 0 Å². The minimum absolute atomic E-state index is 0.539. The molecule has 1 aliphatic heterocycles. The van der Waals surface area contributed by atoms with Crippen molar-refractivity contribution < 1.29 is 14.2 Å². The third-order valence-corrected chi connectivity index (χ3v) is 6.29. The Morgan fingerprint density at radius 2 is 1.75 bits per heavy atom. The van der Waals surface area contributed by atoms with Crippen LogP contribution in [-0.2, 0) is 0 Å². The van der Waals surface area contributed by atoms with Gasteiger partial charge in [0.05, 0.1) is 38.6 Å². The van der Waals surface area contributed by atoms with E-state index in [1.807, 2.05) is 22.9 Å². The maximum absolute atomic E-state index is 5.46. The lowest BCUT2D eigenvalue weighted by molar-refractivity contribution is 0.324. The van der Waals surface area contributed by atoms with Gasteiger partial charge in [-0.1, -0.05) is 0 Å². The van der Waals surface area contributed by atoms with Crippen LogP contribution in [0.15, 0.2) is 36.1 Å². The molecule has 0 amide bonds. The minimum atomic E-state index is 0.539. The van der Waals surface area contributed by atoms with Crippen LogP contribution in [0.2, 0.25) is 0 Å². The average molecular weight is 453 g/mol. The number of fused-ring (bicyclic) bond motifs is 1. The third-order valence-electron chi connectivity index (χ3n) is 5.48. The Kier molecular flexibility index (Phi) is 5.44. The molecule has 166 valence electrons. The predicted molar refractivity (Wildman–Crippen MR) is 125 cm³/mol. The molecule has 4 aromatic rings. The summed E-state index contributed by atoms with van der Waals surface area (Å²) in [6, 6.07) is 5.83. The molecule has 0 atom stereocenters.